The Labute approximate surface area is 121 Å². The van der Waals surface area contributed by atoms with Gasteiger partial charge in [0.25, 0.3) is 5.91 Å². The highest BCUT2D eigenvalue weighted by Gasteiger charge is 2.11. The second kappa shape index (κ2) is 7.12. The normalized spacial score (nSPS) is 10.7. The van der Waals surface area contributed by atoms with Crippen molar-refractivity contribution in [1.82, 2.24) is 5.32 Å². The molecular weight excluding hydrogens is 250 g/mol. The Morgan fingerprint density at radius 2 is 2.05 bits per heavy atom. The molecule has 0 bridgehead atoms. The third-order valence-electron chi connectivity index (χ3n) is 2.95. The van der Waals surface area contributed by atoms with E-state index in [-0.39, 0.29) is 17.9 Å². The maximum absolute atomic E-state index is 12.0. The molecule has 3 heteroatoms. The maximum atomic E-state index is 12.0. The van der Waals surface area contributed by atoms with Crippen molar-refractivity contribution < 1.29 is 9.90 Å². The van der Waals surface area contributed by atoms with Gasteiger partial charge >= 0.3 is 0 Å². The Kier molecular flexibility index (Phi) is 5.79. The third kappa shape index (κ3) is 5.46. The zero-order valence-electron chi connectivity index (χ0n) is 12.7. The van der Waals surface area contributed by atoms with E-state index in [0.717, 1.165) is 17.5 Å². The number of hydrogen-bond donors (Lipinski definition) is 2. The van der Waals surface area contributed by atoms with Crippen LogP contribution in [0.5, 0.6) is 0 Å². The average Bonchev–Trinajstić information content (AvgIpc) is 2.35. The fourth-order valence-electron chi connectivity index (χ4n) is 1.73. The van der Waals surface area contributed by atoms with Gasteiger partial charge in [0.15, 0.2) is 0 Å². The van der Waals surface area contributed by atoms with Crippen molar-refractivity contribution >= 4 is 5.91 Å². The molecule has 0 atom stereocenters. The minimum Gasteiger partial charge on any atom is -0.384 e. The predicted octanol–water partition coefficient (Wildman–Crippen LogP) is 2.50. The Balaban J connectivity index is 2.68. The van der Waals surface area contributed by atoms with Gasteiger partial charge in [0.1, 0.15) is 6.61 Å². The molecule has 0 fully saturated rings. The van der Waals surface area contributed by atoms with Crippen LogP contribution in [0.1, 0.15) is 48.7 Å². The SMILES string of the molecule is Cc1cc(C(=O)NCCC(C)(C)C)ccc1C#CCO. The van der Waals surface area contributed by atoms with Crippen LogP contribution in [0.3, 0.4) is 0 Å². The summed E-state index contributed by atoms with van der Waals surface area (Å²) in [6.45, 7) is 8.88. The van der Waals surface area contributed by atoms with E-state index in [4.69, 9.17) is 5.11 Å². The number of benzene rings is 1. The van der Waals surface area contributed by atoms with Crippen LogP contribution in [0.4, 0.5) is 0 Å². The second-order valence-electron chi connectivity index (χ2n) is 6.06. The molecule has 0 aliphatic carbocycles. The van der Waals surface area contributed by atoms with Gasteiger partial charge in [0, 0.05) is 17.7 Å². The van der Waals surface area contributed by atoms with Crippen LogP contribution in [0.2, 0.25) is 0 Å². The zero-order chi connectivity index (χ0) is 15.2. The fourth-order valence-corrected chi connectivity index (χ4v) is 1.73. The van der Waals surface area contributed by atoms with Crippen LogP contribution in [0.25, 0.3) is 0 Å². The number of carbonyl (C=O) groups is 1. The Morgan fingerprint density at radius 3 is 2.60 bits per heavy atom. The first-order valence-corrected chi connectivity index (χ1v) is 6.82. The Hall–Kier alpha value is -1.79. The number of rotatable bonds is 3. The molecule has 1 amide bonds. The lowest BCUT2D eigenvalue weighted by atomic mass is 9.92. The van der Waals surface area contributed by atoms with E-state index in [1.165, 1.54) is 0 Å². The second-order valence-corrected chi connectivity index (χ2v) is 6.06. The molecule has 0 radical (unpaired) electrons. The van der Waals surface area contributed by atoms with Crippen molar-refractivity contribution in [2.75, 3.05) is 13.2 Å². The molecule has 3 nitrogen and oxygen atoms in total. The minimum atomic E-state index is -0.158. The molecule has 0 saturated heterocycles. The lowest BCUT2D eigenvalue weighted by Crippen LogP contribution is -2.27. The third-order valence-corrected chi connectivity index (χ3v) is 2.95. The lowest BCUT2D eigenvalue weighted by Gasteiger charge is -2.18. The molecule has 0 aliphatic heterocycles. The molecule has 0 saturated carbocycles. The van der Waals surface area contributed by atoms with E-state index < -0.39 is 0 Å². The van der Waals surface area contributed by atoms with Crippen molar-refractivity contribution in [2.45, 2.75) is 34.1 Å². The maximum Gasteiger partial charge on any atom is 0.251 e. The number of nitrogens with one attached hydrogen (secondary N) is 1. The predicted molar refractivity (Wildman–Crippen MR) is 81.5 cm³/mol. The number of aliphatic hydroxyl groups is 1. The van der Waals surface area contributed by atoms with Gasteiger partial charge in [-0.3, -0.25) is 4.79 Å². The van der Waals surface area contributed by atoms with Crippen molar-refractivity contribution in [2.24, 2.45) is 5.41 Å². The summed E-state index contributed by atoms with van der Waals surface area (Å²) in [6, 6.07) is 5.41. The van der Waals surface area contributed by atoms with Gasteiger partial charge in [-0.2, -0.15) is 0 Å². The summed E-state index contributed by atoms with van der Waals surface area (Å²) in [4.78, 5) is 12.0. The Morgan fingerprint density at radius 1 is 1.35 bits per heavy atom. The molecule has 1 aromatic carbocycles. The van der Waals surface area contributed by atoms with Crippen LogP contribution in [-0.2, 0) is 0 Å². The van der Waals surface area contributed by atoms with E-state index in [0.29, 0.717) is 12.1 Å². The van der Waals surface area contributed by atoms with Gasteiger partial charge in [-0.25, -0.2) is 0 Å². The van der Waals surface area contributed by atoms with Gasteiger partial charge in [0.05, 0.1) is 0 Å². The summed E-state index contributed by atoms with van der Waals surface area (Å²) < 4.78 is 0. The highest BCUT2D eigenvalue weighted by Crippen LogP contribution is 2.17. The number of hydrogen-bond acceptors (Lipinski definition) is 2. The molecule has 20 heavy (non-hydrogen) atoms. The summed E-state index contributed by atoms with van der Waals surface area (Å²) in [5.41, 5.74) is 2.64. The molecule has 0 aliphatic rings. The first-order chi connectivity index (χ1) is 9.33. The molecule has 1 rings (SSSR count). The van der Waals surface area contributed by atoms with Crippen LogP contribution in [-0.4, -0.2) is 24.2 Å². The Bertz CT molecular complexity index is 530. The molecule has 0 unspecified atom stereocenters. The first-order valence-electron chi connectivity index (χ1n) is 6.82. The van der Waals surface area contributed by atoms with Crippen LogP contribution >= 0.6 is 0 Å². The smallest absolute Gasteiger partial charge is 0.251 e. The minimum absolute atomic E-state index is 0.0565. The summed E-state index contributed by atoms with van der Waals surface area (Å²) in [5, 5.41) is 11.6. The van der Waals surface area contributed by atoms with Crippen molar-refractivity contribution in [1.29, 1.82) is 0 Å². The van der Waals surface area contributed by atoms with Crippen LogP contribution in [0, 0.1) is 24.2 Å². The van der Waals surface area contributed by atoms with E-state index in [9.17, 15) is 4.79 Å². The van der Waals surface area contributed by atoms with Gasteiger partial charge in [-0.05, 0) is 42.5 Å². The van der Waals surface area contributed by atoms with Crippen molar-refractivity contribution in [3.05, 3.63) is 34.9 Å². The molecule has 2 N–H and O–H groups in total. The lowest BCUT2D eigenvalue weighted by molar-refractivity contribution is 0.0949. The van der Waals surface area contributed by atoms with Crippen LogP contribution in [0.15, 0.2) is 18.2 Å². The van der Waals surface area contributed by atoms with Crippen molar-refractivity contribution in [3.63, 3.8) is 0 Å². The van der Waals surface area contributed by atoms with Gasteiger partial charge in [0.2, 0.25) is 0 Å². The average molecular weight is 273 g/mol. The number of amides is 1. The molecule has 0 aromatic heterocycles. The number of aliphatic hydroxyl groups excluding tert-OH is 1. The summed E-state index contributed by atoms with van der Waals surface area (Å²) in [5.74, 6) is 5.41. The molecule has 1 aromatic rings. The fraction of sp³-hybridized carbons (Fsp3) is 0.471. The van der Waals surface area contributed by atoms with E-state index in [2.05, 4.69) is 37.9 Å². The number of aryl methyl sites for hydroxylation is 1. The summed E-state index contributed by atoms with van der Waals surface area (Å²) in [6.07, 6.45) is 0.942. The summed E-state index contributed by atoms with van der Waals surface area (Å²) in [7, 11) is 0. The van der Waals surface area contributed by atoms with Crippen molar-refractivity contribution in [3.8, 4) is 11.8 Å². The van der Waals surface area contributed by atoms with Gasteiger partial charge in [-0.1, -0.05) is 32.6 Å². The van der Waals surface area contributed by atoms with Crippen LogP contribution < -0.4 is 5.32 Å². The van der Waals surface area contributed by atoms with Gasteiger partial charge < -0.3 is 10.4 Å². The molecule has 0 spiro atoms. The number of carbonyl (C=O) groups excluding carboxylic acids is 1. The highest BCUT2D eigenvalue weighted by atomic mass is 16.2. The van der Waals surface area contributed by atoms with E-state index in [1.54, 1.807) is 6.07 Å². The molecule has 108 valence electrons. The van der Waals surface area contributed by atoms with E-state index >= 15 is 0 Å². The zero-order valence-corrected chi connectivity index (χ0v) is 12.7. The monoisotopic (exact) mass is 273 g/mol. The largest absolute Gasteiger partial charge is 0.384 e. The standard InChI is InChI=1S/C17H23NO2/c1-13-12-15(8-7-14(13)6-5-11-19)16(20)18-10-9-17(2,3)4/h7-8,12,19H,9-11H2,1-4H3,(H,18,20). The highest BCUT2D eigenvalue weighted by molar-refractivity contribution is 5.94. The molecule has 0 heterocycles. The topological polar surface area (TPSA) is 49.3 Å². The quantitative estimate of drug-likeness (QED) is 0.831. The van der Waals surface area contributed by atoms with Gasteiger partial charge in [-0.15, -0.1) is 0 Å². The van der Waals surface area contributed by atoms with E-state index in [1.807, 2.05) is 19.1 Å². The first kappa shape index (κ1) is 16.3. The summed E-state index contributed by atoms with van der Waals surface area (Å²) >= 11 is 0. The molecular formula is C17H23NO2.